The maximum Gasteiger partial charge on any atom is 0.353 e. The van der Waals surface area contributed by atoms with E-state index in [2.05, 4.69) is 15.0 Å². The van der Waals surface area contributed by atoms with Crippen molar-refractivity contribution in [2.75, 3.05) is 31.9 Å². The summed E-state index contributed by atoms with van der Waals surface area (Å²) in [6, 6.07) is 0. The number of ether oxygens (including phenoxy) is 2. The number of hydrogen-bond donors (Lipinski definition) is 2. The van der Waals surface area contributed by atoms with Crippen LogP contribution in [0, 0.1) is 5.92 Å². The Kier molecular flexibility index (Phi) is 16.2. The number of nitrogen functional groups attached to an aromatic ring is 1. The van der Waals surface area contributed by atoms with E-state index in [0.29, 0.717) is 36.6 Å². The van der Waals surface area contributed by atoms with E-state index < -0.39 is 7.60 Å². The van der Waals surface area contributed by atoms with Crippen LogP contribution in [-0.2, 0) is 25.1 Å². The van der Waals surface area contributed by atoms with Crippen molar-refractivity contribution in [1.82, 2.24) is 19.5 Å². The van der Waals surface area contributed by atoms with Gasteiger partial charge in [0.1, 0.15) is 18.2 Å². The highest BCUT2D eigenvalue weighted by molar-refractivity contribution is 7.52. The second kappa shape index (κ2) is 19.6. The lowest BCUT2D eigenvalue weighted by molar-refractivity contribution is 0.0688. The van der Waals surface area contributed by atoms with Crippen LogP contribution >= 0.6 is 7.60 Å². The van der Waals surface area contributed by atoms with Crippen molar-refractivity contribution in [3.63, 3.8) is 0 Å². The van der Waals surface area contributed by atoms with Gasteiger partial charge in [-0.05, 0) is 25.7 Å². The van der Waals surface area contributed by atoms with Gasteiger partial charge in [-0.2, -0.15) is 0 Å². The second-order valence-electron chi connectivity index (χ2n) is 11.7. The summed E-state index contributed by atoms with van der Waals surface area (Å²) < 4.78 is 30.5. The summed E-state index contributed by atoms with van der Waals surface area (Å²) in [4.78, 5) is 22.4. The van der Waals surface area contributed by atoms with Gasteiger partial charge in [-0.15, -0.1) is 0 Å². The zero-order valence-corrected chi connectivity index (χ0v) is 26.2. The average Bonchev–Trinajstić information content (AvgIpc) is 3.38. The molecule has 0 radical (unpaired) electrons. The Bertz CT molecular complexity index is 1020. The molecule has 1 aliphatic carbocycles. The van der Waals surface area contributed by atoms with Crippen molar-refractivity contribution in [3.8, 4) is 0 Å². The molecule has 0 amide bonds. The van der Waals surface area contributed by atoms with Gasteiger partial charge >= 0.3 is 7.60 Å². The molecule has 2 aromatic rings. The molecule has 1 saturated carbocycles. The summed E-state index contributed by atoms with van der Waals surface area (Å²) in [6.07, 6.45) is 25.0. The first-order valence-corrected chi connectivity index (χ1v) is 17.8. The van der Waals surface area contributed by atoms with Gasteiger partial charge in [0, 0.05) is 13.2 Å². The molecule has 11 heteroatoms. The number of aromatic nitrogens is 4. The SMILES string of the molecule is C[C@H](Cn1cnc2c(N)ncnc21)OCP(=O)(O)OCCCOCCCCCCCCCCCCC1CCCCC1. The first-order chi connectivity index (χ1) is 19.9. The van der Waals surface area contributed by atoms with Crippen LogP contribution < -0.4 is 5.73 Å². The smallest absolute Gasteiger partial charge is 0.353 e. The summed E-state index contributed by atoms with van der Waals surface area (Å²) in [5.41, 5.74) is 6.93. The van der Waals surface area contributed by atoms with Gasteiger partial charge in [0.15, 0.2) is 11.5 Å². The van der Waals surface area contributed by atoms with Gasteiger partial charge in [0.2, 0.25) is 0 Å². The first-order valence-electron chi connectivity index (χ1n) is 16.0. The zero-order valence-electron chi connectivity index (χ0n) is 25.3. The highest BCUT2D eigenvalue weighted by Crippen LogP contribution is 2.42. The fourth-order valence-electron chi connectivity index (χ4n) is 5.62. The molecular weight excluding hydrogens is 541 g/mol. The van der Waals surface area contributed by atoms with Crippen molar-refractivity contribution in [3.05, 3.63) is 12.7 Å². The Hall–Kier alpha value is -1.58. The number of nitrogens with two attached hydrogens (primary N) is 1. The fourth-order valence-corrected chi connectivity index (χ4v) is 6.55. The highest BCUT2D eigenvalue weighted by atomic mass is 31.2. The number of fused-ring (bicyclic) bond motifs is 1. The first kappa shape index (κ1) is 33.9. The number of rotatable bonds is 23. The maximum absolute atomic E-state index is 12.3. The van der Waals surface area contributed by atoms with E-state index in [1.807, 2.05) is 6.92 Å². The van der Waals surface area contributed by atoms with E-state index in [-0.39, 0.29) is 19.1 Å². The van der Waals surface area contributed by atoms with Crippen LogP contribution in [0.15, 0.2) is 12.7 Å². The summed E-state index contributed by atoms with van der Waals surface area (Å²) in [5, 5.41) is 0. The van der Waals surface area contributed by atoms with Crippen molar-refractivity contribution in [1.29, 1.82) is 0 Å². The molecule has 1 aliphatic rings. The quantitative estimate of drug-likeness (QED) is 0.101. The summed E-state index contributed by atoms with van der Waals surface area (Å²) in [7, 11) is -3.84. The Morgan fingerprint density at radius 2 is 1.59 bits per heavy atom. The molecule has 1 unspecified atom stereocenters. The minimum absolute atomic E-state index is 0.161. The lowest BCUT2D eigenvalue weighted by Gasteiger charge is -2.21. The number of unbranched alkanes of at least 4 members (excludes halogenated alkanes) is 9. The maximum atomic E-state index is 12.3. The van der Waals surface area contributed by atoms with Gasteiger partial charge in [0.05, 0.1) is 25.6 Å². The van der Waals surface area contributed by atoms with E-state index in [0.717, 1.165) is 18.9 Å². The molecule has 3 N–H and O–H groups in total. The zero-order chi connectivity index (χ0) is 29.2. The van der Waals surface area contributed by atoms with Crippen LogP contribution in [0.3, 0.4) is 0 Å². The van der Waals surface area contributed by atoms with Gasteiger partial charge < -0.3 is 29.2 Å². The summed E-state index contributed by atoms with van der Waals surface area (Å²) in [6.45, 7) is 3.63. The number of nitrogens with zero attached hydrogens (tertiary/aromatic N) is 4. The highest BCUT2D eigenvalue weighted by Gasteiger charge is 2.21. The second-order valence-corrected chi connectivity index (χ2v) is 13.5. The van der Waals surface area contributed by atoms with E-state index in [9.17, 15) is 9.46 Å². The summed E-state index contributed by atoms with van der Waals surface area (Å²) >= 11 is 0. The third-order valence-electron chi connectivity index (χ3n) is 8.01. The lowest BCUT2D eigenvalue weighted by Crippen LogP contribution is -2.17. The molecule has 3 rings (SSSR count). The van der Waals surface area contributed by atoms with Crippen LogP contribution in [0.25, 0.3) is 11.2 Å². The Morgan fingerprint density at radius 1 is 0.927 bits per heavy atom. The summed E-state index contributed by atoms with van der Waals surface area (Å²) in [5.74, 6) is 1.35. The minimum atomic E-state index is -3.84. The van der Waals surface area contributed by atoms with Crippen LogP contribution in [0.1, 0.15) is 116 Å². The predicted molar refractivity (Wildman–Crippen MR) is 164 cm³/mol. The van der Waals surface area contributed by atoms with E-state index in [1.165, 1.54) is 103 Å². The lowest BCUT2D eigenvalue weighted by atomic mass is 9.85. The van der Waals surface area contributed by atoms with Crippen molar-refractivity contribution in [2.45, 2.75) is 129 Å². The number of imidazole rings is 1. The molecule has 2 heterocycles. The van der Waals surface area contributed by atoms with Crippen molar-refractivity contribution >= 4 is 24.6 Å². The molecule has 0 saturated heterocycles. The molecule has 2 atom stereocenters. The molecule has 0 aliphatic heterocycles. The monoisotopic (exact) mass is 595 g/mol. The van der Waals surface area contributed by atoms with E-state index in [1.54, 1.807) is 10.9 Å². The topological polar surface area (TPSA) is 135 Å². The molecule has 2 aromatic heterocycles. The normalized spacial score (nSPS) is 16.7. The van der Waals surface area contributed by atoms with Crippen molar-refractivity contribution < 1.29 is 23.5 Å². The molecule has 0 aromatic carbocycles. The largest absolute Gasteiger partial charge is 0.382 e. The molecule has 1 fully saturated rings. The van der Waals surface area contributed by atoms with E-state index >= 15 is 0 Å². The molecule has 0 bridgehead atoms. The minimum Gasteiger partial charge on any atom is -0.382 e. The number of anilines is 1. The van der Waals surface area contributed by atoms with Crippen LogP contribution in [0.2, 0.25) is 0 Å². The van der Waals surface area contributed by atoms with Crippen LogP contribution in [-0.4, -0.2) is 56.7 Å². The average molecular weight is 596 g/mol. The van der Waals surface area contributed by atoms with E-state index in [4.69, 9.17) is 19.7 Å². The molecule has 234 valence electrons. The Balaban J connectivity index is 1.07. The van der Waals surface area contributed by atoms with Gasteiger partial charge in [0.25, 0.3) is 0 Å². The predicted octanol–water partition coefficient (Wildman–Crippen LogP) is 7.25. The standard InChI is InChI=1S/C30H54N5O5P/c1-26(22-35-24-34-28-29(31)32-23-33-30(28)35)39-25-41(36,37)40-21-15-20-38-19-14-9-7-5-3-2-4-6-8-11-16-27-17-12-10-13-18-27/h23-24,26-27H,2-22,25H2,1H3,(H,36,37)(H2,31,32,33)/t26-/m1/s1. The van der Waals surface area contributed by atoms with Crippen LogP contribution in [0.5, 0.6) is 0 Å². The van der Waals surface area contributed by atoms with Gasteiger partial charge in [-0.25, -0.2) is 15.0 Å². The molecule has 0 spiro atoms. The van der Waals surface area contributed by atoms with Gasteiger partial charge in [-0.3, -0.25) is 4.57 Å². The van der Waals surface area contributed by atoms with Crippen molar-refractivity contribution in [2.24, 2.45) is 5.92 Å². The van der Waals surface area contributed by atoms with Gasteiger partial charge in [-0.1, -0.05) is 96.3 Å². The fraction of sp³-hybridized carbons (Fsp3) is 0.833. The molecular formula is C30H54N5O5P. The Morgan fingerprint density at radius 3 is 2.32 bits per heavy atom. The molecule has 10 nitrogen and oxygen atoms in total. The third-order valence-corrected chi connectivity index (χ3v) is 9.07. The third kappa shape index (κ3) is 14.0. The Labute approximate surface area is 246 Å². The number of hydrogen-bond acceptors (Lipinski definition) is 8. The molecule has 41 heavy (non-hydrogen) atoms. The van der Waals surface area contributed by atoms with Crippen LogP contribution in [0.4, 0.5) is 5.82 Å².